The van der Waals surface area contributed by atoms with Gasteiger partial charge in [-0.05, 0) is 30.6 Å². The predicted octanol–water partition coefficient (Wildman–Crippen LogP) is 2.05. The zero-order chi connectivity index (χ0) is 7.72. The van der Waals surface area contributed by atoms with E-state index in [9.17, 15) is 5.11 Å². The van der Waals surface area contributed by atoms with E-state index in [0.717, 1.165) is 0 Å². The van der Waals surface area contributed by atoms with E-state index in [1.807, 2.05) is 0 Å². The highest BCUT2D eigenvalue weighted by molar-refractivity contribution is 4.83. The van der Waals surface area contributed by atoms with E-state index < -0.39 is 0 Å². The molecule has 0 aromatic rings. The summed E-state index contributed by atoms with van der Waals surface area (Å²) < 4.78 is 0. The summed E-state index contributed by atoms with van der Waals surface area (Å²) in [6, 6.07) is 0. The van der Waals surface area contributed by atoms with Crippen molar-refractivity contribution in [1.82, 2.24) is 0 Å². The number of hydrogen-bond donors (Lipinski definition) is 1. The summed E-state index contributed by atoms with van der Waals surface area (Å²) in [7, 11) is 0. The Kier molecular flexibility index (Phi) is 2.35. The van der Waals surface area contributed by atoms with E-state index >= 15 is 0 Å². The lowest BCUT2D eigenvalue weighted by molar-refractivity contribution is 0.0775. The van der Waals surface area contributed by atoms with Crippen LogP contribution in [0.15, 0.2) is 0 Å². The minimum absolute atomic E-state index is 0.0278. The molecule has 0 aliphatic heterocycles. The summed E-state index contributed by atoms with van der Waals surface area (Å²) >= 11 is 0. The summed E-state index contributed by atoms with van der Waals surface area (Å²) in [6.07, 6.45) is 2.41. The highest BCUT2D eigenvalue weighted by Crippen LogP contribution is 2.35. The highest BCUT2D eigenvalue weighted by Gasteiger charge is 2.33. The highest BCUT2D eigenvalue weighted by atomic mass is 16.3. The zero-order valence-electron chi connectivity index (χ0n) is 7.17. The Bertz CT molecular complexity index is 109. The maximum atomic E-state index is 9.63. The van der Waals surface area contributed by atoms with Gasteiger partial charge in [-0.25, -0.2) is 0 Å². The quantitative estimate of drug-likeness (QED) is 0.594. The molecule has 1 N–H and O–H groups in total. The third kappa shape index (κ3) is 1.34. The van der Waals surface area contributed by atoms with Crippen molar-refractivity contribution in [2.75, 3.05) is 0 Å². The second kappa shape index (κ2) is 2.91. The van der Waals surface area contributed by atoms with Crippen LogP contribution < -0.4 is 0 Å². The molecule has 3 atom stereocenters. The van der Waals surface area contributed by atoms with E-state index in [4.69, 9.17) is 0 Å². The van der Waals surface area contributed by atoms with Gasteiger partial charge in [0.25, 0.3) is 0 Å². The van der Waals surface area contributed by atoms with Gasteiger partial charge >= 0.3 is 0 Å². The zero-order valence-corrected chi connectivity index (χ0v) is 7.17. The number of aliphatic hydroxyl groups is 1. The van der Waals surface area contributed by atoms with Crippen LogP contribution in [0, 0.1) is 17.8 Å². The molecule has 0 heterocycles. The Labute approximate surface area is 63.4 Å². The Morgan fingerprint density at radius 2 is 1.90 bits per heavy atom. The van der Waals surface area contributed by atoms with Gasteiger partial charge in [0.15, 0.2) is 0 Å². The third-order valence-electron chi connectivity index (χ3n) is 2.83. The van der Waals surface area contributed by atoms with Crippen LogP contribution in [0.3, 0.4) is 0 Å². The molecular weight excluding hydrogens is 124 g/mol. The van der Waals surface area contributed by atoms with Gasteiger partial charge in [-0.1, -0.05) is 20.8 Å². The summed E-state index contributed by atoms with van der Waals surface area (Å²) in [5.74, 6) is 1.75. The maximum absolute atomic E-state index is 9.63. The lowest BCUT2D eigenvalue weighted by Crippen LogP contribution is -2.22. The molecule has 0 spiro atoms. The molecule has 1 heteroatoms. The predicted molar refractivity (Wildman–Crippen MR) is 42.7 cm³/mol. The van der Waals surface area contributed by atoms with Crippen LogP contribution in [0.5, 0.6) is 0 Å². The molecule has 1 unspecified atom stereocenters. The Morgan fingerprint density at radius 3 is 2.10 bits per heavy atom. The van der Waals surface area contributed by atoms with Crippen LogP contribution >= 0.6 is 0 Å². The minimum atomic E-state index is -0.0278. The molecular formula is C9H18O. The fourth-order valence-corrected chi connectivity index (χ4v) is 1.95. The molecule has 60 valence electrons. The monoisotopic (exact) mass is 142 g/mol. The summed E-state index contributed by atoms with van der Waals surface area (Å²) in [5, 5.41) is 9.63. The Hall–Kier alpha value is -0.0400. The Balaban J connectivity index is 2.49. The first kappa shape index (κ1) is 8.06. The molecule has 0 radical (unpaired) electrons. The molecule has 1 saturated carbocycles. The largest absolute Gasteiger partial charge is 0.393 e. The van der Waals surface area contributed by atoms with Crippen molar-refractivity contribution in [3.63, 3.8) is 0 Å². The molecule has 0 amide bonds. The van der Waals surface area contributed by atoms with E-state index in [1.165, 1.54) is 12.8 Å². The fraction of sp³-hybridized carbons (Fsp3) is 1.00. The van der Waals surface area contributed by atoms with Crippen molar-refractivity contribution >= 4 is 0 Å². The van der Waals surface area contributed by atoms with Gasteiger partial charge in [0, 0.05) is 0 Å². The van der Waals surface area contributed by atoms with Crippen molar-refractivity contribution in [1.29, 1.82) is 0 Å². The topological polar surface area (TPSA) is 20.2 Å². The molecule has 1 aliphatic carbocycles. The molecule has 1 rings (SSSR count). The molecule has 0 saturated heterocycles. The Morgan fingerprint density at radius 1 is 1.30 bits per heavy atom. The van der Waals surface area contributed by atoms with Gasteiger partial charge < -0.3 is 5.11 Å². The lowest BCUT2D eigenvalue weighted by Gasteiger charge is -2.20. The van der Waals surface area contributed by atoms with Crippen molar-refractivity contribution in [2.24, 2.45) is 17.8 Å². The fourth-order valence-electron chi connectivity index (χ4n) is 1.95. The molecule has 0 aromatic heterocycles. The van der Waals surface area contributed by atoms with Crippen molar-refractivity contribution in [2.45, 2.75) is 39.7 Å². The van der Waals surface area contributed by atoms with Gasteiger partial charge in [-0.2, -0.15) is 0 Å². The number of aliphatic hydroxyl groups excluding tert-OH is 1. The van der Waals surface area contributed by atoms with E-state index in [1.54, 1.807) is 0 Å². The van der Waals surface area contributed by atoms with Gasteiger partial charge in [-0.3, -0.25) is 0 Å². The average molecular weight is 142 g/mol. The van der Waals surface area contributed by atoms with Crippen molar-refractivity contribution in [3.8, 4) is 0 Å². The van der Waals surface area contributed by atoms with E-state index in [-0.39, 0.29) is 6.10 Å². The van der Waals surface area contributed by atoms with Gasteiger partial charge in [-0.15, -0.1) is 0 Å². The molecule has 1 nitrogen and oxygen atoms in total. The first-order chi connectivity index (χ1) is 4.63. The van der Waals surface area contributed by atoms with E-state index in [0.29, 0.717) is 17.8 Å². The lowest BCUT2D eigenvalue weighted by atomic mass is 9.91. The van der Waals surface area contributed by atoms with E-state index in [2.05, 4.69) is 20.8 Å². The molecule has 1 aliphatic rings. The van der Waals surface area contributed by atoms with Crippen LogP contribution in [0.1, 0.15) is 33.6 Å². The first-order valence-electron chi connectivity index (χ1n) is 4.31. The maximum Gasteiger partial charge on any atom is 0.0596 e. The average Bonchev–Trinajstić information content (AvgIpc) is 2.14. The standard InChI is InChI=1S/C9H18O/c1-6(2)8-5-4-7(3)9(8)10/h6-10H,4-5H2,1-3H3/t7-,8+,9?/m0/s1. The normalized spacial score (nSPS) is 41.1. The van der Waals surface area contributed by atoms with Crippen LogP contribution in [0.25, 0.3) is 0 Å². The molecule has 10 heavy (non-hydrogen) atoms. The van der Waals surface area contributed by atoms with Crippen molar-refractivity contribution in [3.05, 3.63) is 0 Å². The summed E-state index contributed by atoms with van der Waals surface area (Å²) in [5.41, 5.74) is 0. The number of rotatable bonds is 1. The number of hydrogen-bond acceptors (Lipinski definition) is 1. The van der Waals surface area contributed by atoms with Crippen LogP contribution in [-0.4, -0.2) is 11.2 Å². The molecule has 0 aromatic carbocycles. The summed E-state index contributed by atoms with van der Waals surface area (Å²) in [4.78, 5) is 0. The minimum Gasteiger partial charge on any atom is -0.393 e. The smallest absolute Gasteiger partial charge is 0.0596 e. The van der Waals surface area contributed by atoms with Crippen LogP contribution in [0.2, 0.25) is 0 Å². The second-order valence-corrected chi connectivity index (χ2v) is 3.95. The first-order valence-corrected chi connectivity index (χ1v) is 4.31. The second-order valence-electron chi connectivity index (χ2n) is 3.95. The van der Waals surface area contributed by atoms with Gasteiger partial charge in [0.1, 0.15) is 0 Å². The van der Waals surface area contributed by atoms with Gasteiger partial charge in [0.05, 0.1) is 6.10 Å². The SMILES string of the molecule is CC(C)[C@H]1CC[C@H](C)C1O. The molecule has 1 fully saturated rings. The molecule has 0 bridgehead atoms. The van der Waals surface area contributed by atoms with Crippen LogP contribution in [0.4, 0.5) is 0 Å². The van der Waals surface area contributed by atoms with Gasteiger partial charge in [0.2, 0.25) is 0 Å². The van der Waals surface area contributed by atoms with Crippen molar-refractivity contribution < 1.29 is 5.11 Å². The third-order valence-corrected chi connectivity index (χ3v) is 2.83. The summed E-state index contributed by atoms with van der Waals surface area (Å²) in [6.45, 7) is 6.55. The van der Waals surface area contributed by atoms with Crippen LogP contribution in [-0.2, 0) is 0 Å².